The molecule has 0 bridgehead atoms. The van der Waals surface area contributed by atoms with Gasteiger partial charge in [-0.25, -0.2) is 0 Å². The van der Waals surface area contributed by atoms with Gasteiger partial charge in [0.2, 0.25) is 11.8 Å². The van der Waals surface area contributed by atoms with Gasteiger partial charge in [-0.05, 0) is 43.5 Å². The van der Waals surface area contributed by atoms with Gasteiger partial charge in [-0.2, -0.15) is 11.8 Å². The maximum absolute atomic E-state index is 12.2. The summed E-state index contributed by atoms with van der Waals surface area (Å²) in [5, 5.41) is 5.61. The second-order valence-electron chi connectivity index (χ2n) is 5.53. The van der Waals surface area contributed by atoms with Crippen molar-refractivity contribution in [2.24, 2.45) is 0 Å². The maximum Gasteiger partial charge on any atom is 0.238 e. The monoisotopic (exact) mass is 321 g/mol. The van der Waals surface area contributed by atoms with Gasteiger partial charge in [0.05, 0.1) is 17.9 Å². The summed E-state index contributed by atoms with van der Waals surface area (Å²) in [5.74, 6) is 2.13. The SMILES string of the molecule is CC(=O)Nc1ccccc1NC(=O)CN(C)C1CCSCC1. The molecule has 6 heteroatoms. The number of likely N-dealkylation sites (N-methyl/N-ethyl adjacent to an activating group) is 1. The summed E-state index contributed by atoms with van der Waals surface area (Å²) in [6.45, 7) is 1.82. The first-order valence-corrected chi connectivity index (χ1v) is 8.66. The smallest absolute Gasteiger partial charge is 0.238 e. The van der Waals surface area contributed by atoms with E-state index in [9.17, 15) is 9.59 Å². The number of thioether (sulfide) groups is 1. The van der Waals surface area contributed by atoms with E-state index in [2.05, 4.69) is 15.5 Å². The van der Waals surface area contributed by atoms with Crippen LogP contribution in [0.15, 0.2) is 24.3 Å². The highest BCUT2D eigenvalue weighted by Crippen LogP contribution is 2.22. The van der Waals surface area contributed by atoms with Gasteiger partial charge in [-0.15, -0.1) is 0 Å². The number of para-hydroxylation sites is 2. The fourth-order valence-corrected chi connectivity index (χ4v) is 3.64. The topological polar surface area (TPSA) is 61.4 Å². The molecule has 22 heavy (non-hydrogen) atoms. The first kappa shape index (κ1) is 16.8. The first-order chi connectivity index (χ1) is 10.6. The van der Waals surface area contributed by atoms with Gasteiger partial charge in [-0.1, -0.05) is 12.1 Å². The summed E-state index contributed by atoms with van der Waals surface area (Å²) in [5.41, 5.74) is 1.26. The Kier molecular flexibility index (Phi) is 6.27. The van der Waals surface area contributed by atoms with Crippen molar-refractivity contribution in [2.45, 2.75) is 25.8 Å². The highest BCUT2D eigenvalue weighted by Gasteiger charge is 2.20. The Labute approximate surface area is 135 Å². The third-order valence-electron chi connectivity index (χ3n) is 3.72. The molecule has 1 aromatic rings. The standard InChI is InChI=1S/C16H23N3O2S/c1-12(20)17-14-5-3-4-6-15(14)18-16(21)11-19(2)13-7-9-22-10-8-13/h3-6,13H,7-11H2,1-2H3,(H,17,20)(H,18,21). The van der Waals surface area contributed by atoms with Crippen LogP contribution in [0.1, 0.15) is 19.8 Å². The molecule has 120 valence electrons. The van der Waals surface area contributed by atoms with E-state index >= 15 is 0 Å². The minimum absolute atomic E-state index is 0.0569. The molecule has 1 saturated heterocycles. The molecule has 0 atom stereocenters. The van der Waals surface area contributed by atoms with Crippen LogP contribution in [0.4, 0.5) is 11.4 Å². The van der Waals surface area contributed by atoms with E-state index in [1.165, 1.54) is 18.4 Å². The zero-order valence-electron chi connectivity index (χ0n) is 13.1. The Morgan fingerprint density at radius 3 is 2.36 bits per heavy atom. The summed E-state index contributed by atoms with van der Waals surface area (Å²) in [6.07, 6.45) is 2.27. The number of rotatable bonds is 5. The van der Waals surface area contributed by atoms with Gasteiger partial charge < -0.3 is 10.6 Å². The highest BCUT2D eigenvalue weighted by molar-refractivity contribution is 7.99. The number of carbonyl (C=O) groups is 2. The van der Waals surface area contributed by atoms with Gasteiger partial charge in [0.25, 0.3) is 0 Å². The van der Waals surface area contributed by atoms with Gasteiger partial charge in [0.1, 0.15) is 0 Å². The summed E-state index contributed by atoms with van der Waals surface area (Å²) < 4.78 is 0. The average molecular weight is 321 g/mol. The molecule has 0 aromatic heterocycles. The molecular formula is C16H23N3O2S. The van der Waals surface area contributed by atoms with Crippen LogP contribution in [0.25, 0.3) is 0 Å². The second kappa shape index (κ2) is 8.19. The van der Waals surface area contributed by atoms with Crippen LogP contribution in [0.2, 0.25) is 0 Å². The molecule has 0 spiro atoms. The van der Waals surface area contributed by atoms with Gasteiger partial charge >= 0.3 is 0 Å². The van der Waals surface area contributed by atoms with Crippen LogP contribution < -0.4 is 10.6 Å². The molecule has 1 aromatic carbocycles. The van der Waals surface area contributed by atoms with Crippen molar-refractivity contribution in [3.8, 4) is 0 Å². The van der Waals surface area contributed by atoms with E-state index in [0.29, 0.717) is 24.0 Å². The molecule has 1 fully saturated rings. The predicted octanol–water partition coefficient (Wildman–Crippen LogP) is 2.41. The number of amides is 2. The molecule has 0 aliphatic carbocycles. The number of carbonyl (C=O) groups excluding carboxylic acids is 2. The lowest BCUT2D eigenvalue weighted by Gasteiger charge is -2.30. The van der Waals surface area contributed by atoms with Crippen LogP contribution >= 0.6 is 11.8 Å². The van der Waals surface area contributed by atoms with E-state index in [4.69, 9.17) is 0 Å². The number of anilines is 2. The lowest BCUT2D eigenvalue weighted by molar-refractivity contribution is -0.117. The molecule has 2 N–H and O–H groups in total. The quantitative estimate of drug-likeness (QED) is 0.874. The maximum atomic E-state index is 12.2. The second-order valence-corrected chi connectivity index (χ2v) is 6.76. The third kappa shape index (κ3) is 5.03. The first-order valence-electron chi connectivity index (χ1n) is 7.50. The van der Waals surface area contributed by atoms with Crippen molar-refractivity contribution in [3.63, 3.8) is 0 Å². The fourth-order valence-electron chi connectivity index (χ4n) is 2.56. The zero-order chi connectivity index (χ0) is 15.9. The molecule has 0 saturated carbocycles. The van der Waals surface area contributed by atoms with E-state index < -0.39 is 0 Å². The summed E-state index contributed by atoms with van der Waals surface area (Å²) in [7, 11) is 2.00. The highest BCUT2D eigenvalue weighted by atomic mass is 32.2. The van der Waals surface area contributed by atoms with E-state index in [-0.39, 0.29) is 11.8 Å². The van der Waals surface area contributed by atoms with Crippen molar-refractivity contribution in [3.05, 3.63) is 24.3 Å². The van der Waals surface area contributed by atoms with Crippen molar-refractivity contribution < 1.29 is 9.59 Å². The van der Waals surface area contributed by atoms with Crippen molar-refractivity contribution >= 4 is 35.0 Å². The number of benzene rings is 1. The Morgan fingerprint density at radius 2 is 1.77 bits per heavy atom. The van der Waals surface area contributed by atoms with Crippen LogP contribution in [0.5, 0.6) is 0 Å². The number of hydrogen-bond donors (Lipinski definition) is 2. The molecule has 2 rings (SSSR count). The van der Waals surface area contributed by atoms with E-state index in [1.807, 2.05) is 30.9 Å². The number of hydrogen-bond acceptors (Lipinski definition) is 4. The molecule has 1 heterocycles. The molecule has 2 amide bonds. The summed E-state index contributed by atoms with van der Waals surface area (Å²) in [4.78, 5) is 25.6. The Hall–Kier alpha value is -1.53. The third-order valence-corrected chi connectivity index (χ3v) is 4.77. The number of nitrogens with zero attached hydrogens (tertiary/aromatic N) is 1. The Morgan fingerprint density at radius 1 is 1.18 bits per heavy atom. The molecule has 0 unspecified atom stereocenters. The van der Waals surface area contributed by atoms with E-state index in [1.54, 1.807) is 12.1 Å². The lowest BCUT2D eigenvalue weighted by atomic mass is 10.1. The van der Waals surface area contributed by atoms with Crippen LogP contribution in [-0.2, 0) is 9.59 Å². The van der Waals surface area contributed by atoms with Crippen molar-refractivity contribution in [2.75, 3.05) is 35.7 Å². The van der Waals surface area contributed by atoms with Crippen LogP contribution in [-0.4, -0.2) is 47.9 Å². The minimum Gasteiger partial charge on any atom is -0.325 e. The average Bonchev–Trinajstić information content (AvgIpc) is 2.49. The lowest BCUT2D eigenvalue weighted by Crippen LogP contribution is -2.40. The van der Waals surface area contributed by atoms with Gasteiger partial charge in [0.15, 0.2) is 0 Å². The van der Waals surface area contributed by atoms with Crippen LogP contribution in [0, 0.1) is 0 Å². The zero-order valence-corrected chi connectivity index (χ0v) is 13.9. The normalized spacial score (nSPS) is 15.6. The largest absolute Gasteiger partial charge is 0.325 e. The number of nitrogens with one attached hydrogen (secondary N) is 2. The Balaban J connectivity index is 1.92. The minimum atomic E-state index is -0.154. The molecule has 5 nitrogen and oxygen atoms in total. The molecule has 0 radical (unpaired) electrons. The summed E-state index contributed by atoms with van der Waals surface area (Å²) >= 11 is 1.98. The fraction of sp³-hybridized carbons (Fsp3) is 0.500. The van der Waals surface area contributed by atoms with Crippen LogP contribution in [0.3, 0.4) is 0 Å². The molecule has 1 aliphatic rings. The van der Waals surface area contributed by atoms with Crippen molar-refractivity contribution in [1.29, 1.82) is 0 Å². The Bertz CT molecular complexity index is 530. The summed E-state index contributed by atoms with van der Waals surface area (Å²) in [6, 6.07) is 7.72. The molecule has 1 aliphatic heterocycles. The molecular weight excluding hydrogens is 298 g/mol. The predicted molar refractivity (Wildman–Crippen MR) is 92.4 cm³/mol. The van der Waals surface area contributed by atoms with Gasteiger partial charge in [-0.3, -0.25) is 14.5 Å². The van der Waals surface area contributed by atoms with E-state index in [0.717, 1.165) is 12.8 Å². The van der Waals surface area contributed by atoms with Gasteiger partial charge in [0, 0.05) is 13.0 Å². The van der Waals surface area contributed by atoms with Crippen molar-refractivity contribution in [1.82, 2.24) is 4.90 Å².